The number of alkyl halides is 3. The number of sulfonamides is 1. The van der Waals surface area contributed by atoms with Crippen LogP contribution in [0.4, 0.5) is 18.9 Å². The summed E-state index contributed by atoms with van der Waals surface area (Å²) in [5, 5.41) is 0. The van der Waals surface area contributed by atoms with E-state index in [1.54, 1.807) is 12.1 Å². The van der Waals surface area contributed by atoms with Crippen LogP contribution in [-0.2, 0) is 21.0 Å². The molecule has 0 saturated carbocycles. The largest absolute Gasteiger partial charge is 0.486 e. The maximum Gasteiger partial charge on any atom is 0.416 e. The van der Waals surface area contributed by atoms with Crippen LogP contribution in [0.5, 0.6) is 5.75 Å². The molecule has 33 heavy (non-hydrogen) atoms. The van der Waals surface area contributed by atoms with Crippen molar-refractivity contribution >= 4 is 27.1 Å². The van der Waals surface area contributed by atoms with Gasteiger partial charge in [0.1, 0.15) is 17.6 Å². The Labute approximate surface area is 190 Å². The molecule has 0 amide bonds. The summed E-state index contributed by atoms with van der Waals surface area (Å²) in [6.45, 7) is 1.34. The van der Waals surface area contributed by atoms with Gasteiger partial charge in [-0.1, -0.05) is 18.2 Å². The zero-order valence-corrected chi connectivity index (χ0v) is 18.9. The number of anilines is 1. The van der Waals surface area contributed by atoms with Crippen LogP contribution in [0.2, 0.25) is 0 Å². The highest BCUT2D eigenvalue weighted by Gasteiger charge is 2.37. The van der Waals surface area contributed by atoms with Crippen LogP contribution < -0.4 is 9.04 Å². The lowest BCUT2D eigenvalue weighted by Crippen LogP contribution is -2.43. The van der Waals surface area contributed by atoms with Gasteiger partial charge in [-0.2, -0.15) is 13.2 Å². The van der Waals surface area contributed by atoms with E-state index in [1.165, 1.54) is 6.92 Å². The molecule has 4 rings (SSSR count). The smallest absolute Gasteiger partial charge is 0.416 e. The number of carbonyl (C=O) groups excluding carboxylic acids is 1. The minimum Gasteiger partial charge on any atom is -0.486 e. The number of ether oxygens (including phenoxy) is 1. The molecule has 9 heteroatoms. The Kier molecular flexibility index (Phi) is 6.26. The van der Waals surface area contributed by atoms with E-state index in [2.05, 4.69) is 6.08 Å². The van der Waals surface area contributed by atoms with Crippen molar-refractivity contribution in [3.8, 4) is 5.75 Å². The zero-order valence-electron chi connectivity index (χ0n) is 18.1. The molecule has 1 atom stereocenters. The fourth-order valence-electron chi connectivity index (χ4n) is 4.15. The van der Waals surface area contributed by atoms with Crippen molar-refractivity contribution in [2.75, 3.05) is 10.8 Å². The van der Waals surface area contributed by atoms with Gasteiger partial charge < -0.3 is 9.53 Å². The van der Waals surface area contributed by atoms with Crippen molar-refractivity contribution in [3.05, 3.63) is 59.7 Å². The lowest BCUT2D eigenvalue weighted by molar-refractivity contribution is -0.137. The summed E-state index contributed by atoms with van der Waals surface area (Å²) in [6, 6.07) is 9.01. The van der Waals surface area contributed by atoms with Gasteiger partial charge in [0.05, 0.1) is 22.7 Å². The van der Waals surface area contributed by atoms with Gasteiger partial charge in [0.2, 0.25) is 0 Å². The molecule has 0 spiro atoms. The van der Waals surface area contributed by atoms with E-state index in [0.717, 1.165) is 52.9 Å². The molecule has 0 fully saturated rings. The van der Waals surface area contributed by atoms with Crippen LogP contribution in [0.3, 0.4) is 0 Å². The van der Waals surface area contributed by atoms with Gasteiger partial charge in [-0.3, -0.25) is 4.31 Å². The molecule has 1 heterocycles. The first-order valence-corrected chi connectivity index (χ1v) is 12.2. The summed E-state index contributed by atoms with van der Waals surface area (Å²) in [5.74, 6) is 0.271. The summed E-state index contributed by atoms with van der Waals surface area (Å²) < 4.78 is 73.9. The molecule has 5 nitrogen and oxygen atoms in total. The van der Waals surface area contributed by atoms with Crippen molar-refractivity contribution < 1.29 is 31.1 Å². The molecule has 0 saturated heterocycles. The molecular formula is C24H24F3NO4S. The van der Waals surface area contributed by atoms with Crippen LogP contribution in [0, 0.1) is 0 Å². The number of halogens is 3. The van der Waals surface area contributed by atoms with E-state index in [9.17, 15) is 26.4 Å². The molecule has 1 unspecified atom stereocenters. The Balaban J connectivity index is 1.78. The normalized spacial score (nSPS) is 18.5. The maximum atomic E-state index is 13.6. The number of hydrogen-bond donors (Lipinski definition) is 0. The first kappa shape index (κ1) is 23.4. The number of fused-ring (bicyclic) bond motifs is 1. The Hall–Kier alpha value is -2.81. The summed E-state index contributed by atoms with van der Waals surface area (Å²) in [5.41, 5.74) is 1.22. The van der Waals surface area contributed by atoms with Gasteiger partial charge in [-0.05, 0) is 74.1 Å². The van der Waals surface area contributed by atoms with Crippen LogP contribution in [-0.4, -0.2) is 26.8 Å². The van der Waals surface area contributed by atoms with Gasteiger partial charge >= 0.3 is 6.18 Å². The SMILES string of the molecule is CC(=O)CCC1CN(S(=O)(=O)c2cccc(C(F)(F)F)c2)c2cc(C3=CCCC3)ccc2O1. The summed E-state index contributed by atoms with van der Waals surface area (Å²) >= 11 is 0. The molecule has 0 N–H and O–H groups in total. The van der Waals surface area contributed by atoms with E-state index in [1.807, 2.05) is 6.07 Å². The Morgan fingerprint density at radius 3 is 2.64 bits per heavy atom. The minimum absolute atomic E-state index is 0.0554. The average molecular weight is 480 g/mol. The molecular weight excluding hydrogens is 455 g/mol. The lowest BCUT2D eigenvalue weighted by atomic mass is 10.0. The van der Waals surface area contributed by atoms with Crippen molar-refractivity contribution in [1.29, 1.82) is 0 Å². The summed E-state index contributed by atoms with van der Waals surface area (Å²) in [7, 11) is -4.32. The number of rotatable bonds is 6. The van der Waals surface area contributed by atoms with Crippen LogP contribution in [0.25, 0.3) is 5.57 Å². The summed E-state index contributed by atoms with van der Waals surface area (Å²) in [6.07, 6.45) is 0.191. The van der Waals surface area contributed by atoms with E-state index >= 15 is 0 Å². The van der Waals surface area contributed by atoms with Gasteiger partial charge in [0, 0.05) is 6.42 Å². The van der Waals surface area contributed by atoms with Gasteiger partial charge in [-0.15, -0.1) is 0 Å². The fraction of sp³-hybridized carbons (Fsp3) is 0.375. The van der Waals surface area contributed by atoms with Crippen LogP contribution in [0.15, 0.2) is 53.4 Å². The van der Waals surface area contributed by atoms with E-state index in [0.29, 0.717) is 18.2 Å². The second-order valence-corrected chi connectivity index (χ2v) is 10.2. The van der Waals surface area contributed by atoms with Gasteiger partial charge in [-0.25, -0.2) is 8.42 Å². The lowest BCUT2D eigenvalue weighted by Gasteiger charge is -2.36. The summed E-state index contributed by atoms with van der Waals surface area (Å²) in [4.78, 5) is 11.0. The molecule has 176 valence electrons. The van der Waals surface area contributed by atoms with Crippen LogP contribution in [0.1, 0.15) is 50.2 Å². The Morgan fingerprint density at radius 1 is 1.18 bits per heavy atom. The van der Waals surface area contributed by atoms with E-state index in [4.69, 9.17) is 4.74 Å². The average Bonchev–Trinajstić information content (AvgIpc) is 3.31. The zero-order chi connectivity index (χ0) is 23.8. The minimum atomic E-state index is -4.67. The van der Waals surface area contributed by atoms with E-state index in [-0.39, 0.29) is 24.4 Å². The topological polar surface area (TPSA) is 63.7 Å². The predicted molar refractivity (Wildman–Crippen MR) is 119 cm³/mol. The number of ketones is 1. The monoisotopic (exact) mass is 479 g/mol. The second-order valence-electron chi connectivity index (χ2n) is 8.35. The third kappa shape index (κ3) is 4.93. The number of hydrogen-bond acceptors (Lipinski definition) is 4. The molecule has 1 aliphatic carbocycles. The van der Waals surface area contributed by atoms with Gasteiger partial charge in [0.15, 0.2) is 0 Å². The van der Waals surface area contributed by atoms with E-state index < -0.39 is 32.8 Å². The second kappa shape index (κ2) is 8.85. The first-order chi connectivity index (χ1) is 15.6. The number of nitrogens with zero attached hydrogens (tertiary/aromatic N) is 1. The number of benzene rings is 2. The third-order valence-corrected chi connectivity index (χ3v) is 7.65. The van der Waals surface area contributed by atoms with Crippen molar-refractivity contribution in [2.45, 2.75) is 56.2 Å². The molecule has 1 aliphatic heterocycles. The molecule has 2 aliphatic rings. The quantitative estimate of drug-likeness (QED) is 0.541. The number of carbonyl (C=O) groups is 1. The van der Waals surface area contributed by atoms with Gasteiger partial charge in [0.25, 0.3) is 10.0 Å². The Bertz CT molecular complexity index is 1200. The van der Waals surface area contributed by atoms with Crippen molar-refractivity contribution in [2.24, 2.45) is 0 Å². The fourth-order valence-corrected chi connectivity index (χ4v) is 5.69. The highest BCUT2D eigenvalue weighted by atomic mass is 32.2. The molecule has 0 bridgehead atoms. The molecule has 0 radical (unpaired) electrons. The predicted octanol–water partition coefficient (Wildman–Crippen LogP) is 5.60. The number of allylic oxidation sites excluding steroid dienone is 2. The third-order valence-electron chi connectivity index (χ3n) is 5.87. The first-order valence-electron chi connectivity index (χ1n) is 10.8. The molecule has 0 aromatic heterocycles. The maximum absolute atomic E-state index is 13.6. The molecule has 2 aromatic carbocycles. The standard InChI is InChI=1S/C24H24F3NO4S/c1-16(29)9-11-20-15-28(33(30,31)21-8-4-7-19(14-21)24(25,26)27)22-13-18(10-12-23(22)32-20)17-5-2-3-6-17/h4-5,7-8,10,12-14,20H,2-3,6,9,11,15H2,1H3. The highest BCUT2D eigenvalue weighted by Crippen LogP contribution is 2.41. The molecule has 2 aromatic rings. The van der Waals surface area contributed by atoms with Crippen LogP contribution >= 0.6 is 0 Å². The van der Waals surface area contributed by atoms with Crippen molar-refractivity contribution in [3.63, 3.8) is 0 Å². The number of Topliss-reactive ketones (excluding diaryl/α,β-unsaturated/α-hetero) is 1. The highest BCUT2D eigenvalue weighted by molar-refractivity contribution is 7.92. The van der Waals surface area contributed by atoms with Crippen molar-refractivity contribution in [1.82, 2.24) is 0 Å². The Morgan fingerprint density at radius 2 is 1.97 bits per heavy atom.